The van der Waals surface area contributed by atoms with Crippen molar-refractivity contribution >= 4 is 8.80 Å². The van der Waals surface area contributed by atoms with E-state index in [4.69, 9.17) is 22.8 Å². The quantitative estimate of drug-likeness (QED) is 0.360. The van der Waals surface area contributed by atoms with Gasteiger partial charge >= 0.3 is 8.80 Å². The summed E-state index contributed by atoms with van der Waals surface area (Å²) < 4.78 is 29.7. The SMILES string of the molecule is CCCO[Si](OCCC)(OCCC)C(C)C(C)OCC1CO1. The molecule has 0 aliphatic carbocycles. The van der Waals surface area contributed by atoms with E-state index >= 15 is 0 Å². The Hall–Kier alpha value is 0.0169. The molecule has 1 rings (SSSR count). The lowest BCUT2D eigenvalue weighted by atomic mass is 10.3. The van der Waals surface area contributed by atoms with Crippen molar-refractivity contribution < 1.29 is 22.8 Å². The van der Waals surface area contributed by atoms with E-state index in [0.29, 0.717) is 26.4 Å². The molecule has 132 valence electrons. The van der Waals surface area contributed by atoms with Crippen LogP contribution in [-0.4, -0.2) is 54.0 Å². The van der Waals surface area contributed by atoms with Crippen LogP contribution in [0.25, 0.3) is 0 Å². The van der Waals surface area contributed by atoms with Crippen LogP contribution in [0.3, 0.4) is 0 Å². The third-order valence-corrected chi connectivity index (χ3v) is 7.14. The highest BCUT2D eigenvalue weighted by atomic mass is 28.4. The van der Waals surface area contributed by atoms with Crippen LogP contribution in [0.4, 0.5) is 0 Å². The second-order valence-corrected chi connectivity index (χ2v) is 8.92. The van der Waals surface area contributed by atoms with Crippen LogP contribution in [0.15, 0.2) is 0 Å². The molecule has 0 N–H and O–H groups in total. The van der Waals surface area contributed by atoms with Crippen molar-refractivity contribution in [2.75, 3.05) is 33.0 Å². The largest absolute Gasteiger partial charge is 0.506 e. The Kier molecular flexibility index (Phi) is 9.78. The Bertz CT molecular complexity index is 264. The van der Waals surface area contributed by atoms with E-state index < -0.39 is 8.80 Å². The Morgan fingerprint density at radius 1 is 0.955 bits per heavy atom. The Labute approximate surface area is 137 Å². The van der Waals surface area contributed by atoms with E-state index in [1.54, 1.807) is 0 Å². The highest BCUT2D eigenvalue weighted by Crippen LogP contribution is 2.31. The average molecular weight is 335 g/mol. The van der Waals surface area contributed by atoms with Crippen molar-refractivity contribution in [1.29, 1.82) is 0 Å². The first-order chi connectivity index (χ1) is 10.6. The zero-order valence-corrected chi connectivity index (χ0v) is 15.9. The summed E-state index contributed by atoms with van der Waals surface area (Å²) in [4.78, 5) is 0. The Balaban J connectivity index is 2.70. The first kappa shape index (κ1) is 20.1. The molecule has 22 heavy (non-hydrogen) atoms. The molecule has 1 aliphatic heterocycles. The third-order valence-electron chi connectivity index (χ3n) is 3.73. The molecule has 1 fully saturated rings. The van der Waals surface area contributed by atoms with Crippen molar-refractivity contribution in [3.05, 3.63) is 0 Å². The summed E-state index contributed by atoms with van der Waals surface area (Å²) in [5, 5.41) is 0. The van der Waals surface area contributed by atoms with Crippen molar-refractivity contribution in [2.45, 2.75) is 71.6 Å². The van der Waals surface area contributed by atoms with Crippen LogP contribution in [0.5, 0.6) is 0 Å². The smallest absolute Gasteiger partial charge is 0.375 e. The first-order valence-electron chi connectivity index (χ1n) is 8.74. The summed E-state index contributed by atoms with van der Waals surface area (Å²) in [5.74, 6) is 0. The predicted octanol–water partition coefficient (Wildman–Crippen LogP) is 3.40. The summed E-state index contributed by atoms with van der Waals surface area (Å²) in [6.45, 7) is 14.0. The van der Waals surface area contributed by atoms with Gasteiger partial charge in [-0.25, -0.2) is 0 Å². The van der Waals surface area contributed by atoms with Gasteiger partial charge in [-0.3, -0.25) is 0 Å². The number of hydrogen-bond donors (Lipinski definition) is 0. The molecule has 0 aromatic carbocycles. The average Bonchev–Trinajstić information content (AvgIpc) is 3.36. The summed E-state index contributed by atoms with van der Waals surface area (Å²) in [5.41, 5.74) is 0.107. The Morgan fingerprint density at radius 3 is 1.77 bits per heavy atom. The molecule has 0 aromatic heterocycles. The van der Waals surface area contributed by atoms with E-state index in [1.807, 2.05) is 0 Å². The van der Waals surface area contributed by atoms with Gasteiger partial charge < -0.3 is 22.8 Å². The lowest BCUT2D eigenvalue weighted by molar-refractivity contribution is 0.00417. The van der Waals surface area contributed by atoms with Gasteiger partial charge in [-0.2, -0.15) is 0 Å². The lowest BCUT2D eigenvalue weighted by Gasteiger charge is -2.36. The molecule has 1 heterocycles. The van der Waals surface area contributed by atoms with E-state index in [-0.39, 0.29) is 17.7 Å². The molecule has 5 nitrogen and oxygen atoms in total. The van der Waals surface area contributed by atoms with Gasteiger partial charge in [-0.15, -0.1) is 0 Å². The number of epoxide rings is 1. The summed E-state index contributed by atoms with van der Waals surface area (Å²) >= 11 is 0. The summed E-state index contributed by atoms with van der Waals surface area (Å²) in [6, 6.07) is 0. The van der Waals surface area contributed by atoms with Crippen molar-refractivity contribution in [3.63, 3.8) is 0 Å². The monoisotopic (exact) mass is 334 g/mol. The molecule has 0 aromatic rings. The highest BCUT2D eigenvalue weighted by Gasteiger charge is 2.50. The number of rotatable bonds is 14. The minimum Gasteiger partial charge on any atom is -0.375 e. The minimum atomic E-state index is -2.74. The van der Waals surface area contributed by atoms with Gasteiger partial charge in [0.2, 0.25) is 0 Å². The fraction of sp³-hybridized carbons (Fsp3) is 1.00. The number of ether oxygens (including phenoxy) is 2. The van der Waals surface area contributed by atoms with Crippen LogP contribution in [-0.2, 0) is 22.8 Å². The molecular weight excluding hydrogens is 300 g/mol. The van der Waals surface area contributed by atoms with Crippen LogP contribution in [0.1, 0.15) is 53.9 Å². The van der Waals surface area contributed by atoms with Crippen molar-refractivity contribution in [3.8, 4) is 0 Å². The second-order valence-electron chi connectivity index (χ2n) is 5.93. The van der Waals surface area contributed by atoms with Gasteiger partial charge in [0.25, 0.3) is 0 Å². The summed E-state index contributed by atoms with van der Waals surface area (Å²) in [7, 11) is -2.74. The van der Waals surface area contributed by atoms with E-state index in [2.05, 4.69) is 34.6 Å². The maximum absolute atomic E-state index is 6.17. The van der Waals surface area contributed by atoms with Crippen LogP contribution in [0.2, 0.25) is 5.54 Å². The lowest BCUT2D eigenvalue weighted by Crippen LogP contribution is -2.53. The topological polar surface area (TPSA) is 49.5 Å². The molecule has 0 saturated carbocycles. The van der Waals surface area contributed by atoms with Gasteiger partial charge in [0.05, 0.1) is 24.9 Å². The summed E-state index contributed by atoms with van der Waals surface area (Å²) in [6.07, 6.45) is 3.17. The van der Waals surface area contributed by atoms with Gasteiger partial charge in [0.1, 0.15) is 6.10 Å². The molecule has 0 radical (unpaired) electrons. The number of hydrogen-bond acceptors (Lipinski definition) is 5. The third kappa shape index (κ3) is 6.64. The highest BCUT2D eigenvalue weighted by molar-refractivity contribution is 6.62. The van der Waals surface area contributed by atoms with Gasteiger partial charge in [0.15, 0.2) is 0 Å². The van der Waals surface area contributed by atoms with E-state index in [1.165, 1.54) is 0 Å². The molecule has 0 spiro atoms. The van der Waals surface area contributed by atoms with Crippen molar-refractivity contribution in [1.82, 2.24) is 0 Å². The molecule has 3 unspecified atom stereocenters. The van der Waals surface area contributed by atoms with E-state index in [0.717, 1.165) is 25.9 Å². The molecule has 3 atom stereocenters. The molecule has 0 bridgehead atoms. The maximum atomic E-state index is 6.17. The minimum absolute atomic E-state index is 0.0291. The van der Waals surface area contributed by atoms with Crippen molar-refractivity contribution in [2.24, 2.45) is 0 Å². The second kappa shape index (κ2) is 10.7. The zero-order chi connectivity index (χ0) is 16.4. The normalized spacial score (nSPS) is 20.9. The first-order valence-corrected chi connectivity index (χ1v) is 10.5. The fourth-order valence-corrected chi connectivity index (χ4v) is 5.28. The van der Waals surface area contributed by atoms with Crippen LogP contribution in [0, 0.1) is 0 Å². The molecule has 6 heteroatoms. The molecule has 1 saturated heterocycles. The van der Waals surface area contributed by atoms with Crippen LogP contribution < -0.4 is 0 Å². The van der Waals surface area contributed by atoms with Gasteiger partial charge in [0, 0.05) is 19.8 Å². The van der Waals surface area contributed by atoms with Gasteiger partial charge in [-0.1, -0.05) is 27.7 Å². The van der Waals surface area contributed by atoms with Gasteiger partial charge in [-0.05, 0) is 26.2 Å². The molecule has 1 aliphatic rings. The molecular formula is C16H34O5Si. The zero-order valence-electron chi connectivity index (χ0n) is 14.9. The van der Waals surface area contributed by atoms with Crippen LogP contribution >= 0.6 is 0 Å². The molecule has 0 amide bonds. The van der Waals surface area contributed by atoms with E-state index in [9.17, 15) is 0 Å². The Morgan fingerprint density at radius 2 is 1.41 bits per heavy atom. The fourth-order valence-electron chi connectivity index (χ4n) is 2.11. The predicted molar refractivity (Wildman–Crippen MR) is 89.1 cm³/mol. The standard InChI is InChI=1S/C16H34O5Si/c1-6-9-19-22(20-10-7-2,21-11-8-3)15(5)14(4)17-12-16-13-18-16/h14-16H,6-13H2,1-5H3. The maximum Gasteiger partial charge on any atom is 0.506 e.